The summed E-state index contributed by atoms with van der Waals surface area (Å²) in [7, 11) is 0. The first-order valence-electron chi connectivity index (χ1n) is 5.93. The van der Waals surface area contributed by atoms with E-state index in [0.717, 1.165) is 18.6 Å². The molecule has 1 heterocycles. The second kappa shape index (κ2) is 5.72. The molecule has 0 aromatic carbocycles. The molecule has 14 heavy (non-hydrogen) atoms. The molecule has 1 aliphatic rings. The van der Waals surface area contributed by atoms with Crippen LogP contribution in [0.15, 0.2) is 0 Å². The Morgan fingerprint density at radius 2 is 1.71 bits per heavy atom. The van der Waals surface area contributed by atoms with Gasteiger partial charge in [-0.3, -0.25) is 4.90 Å². The van der Waals surface area contributed by atoms with Gasteiger partial charge in [0.2, 0.25) is 0 Å². The van der Waals surface area contributed by atoms with E-state index in [1.54, 1.807) is 0 Å². The fourth-order valence-corrected chi connectivity index (χ4v) is 2.00. The van der Waals surface area contributed by atoms with Gasteiger partial charge in [0.25, 0.3) is 0 Å². The highest BCUT2D eigenvalue weighted by molar-refractivity contribution is 4.72. The molecule has 0 aromatic heterocycles. The Hall–Kier alpha value is -0.0800. The van der Waals surface area contributed by atoms with E-state index in [0.29, 0.717) is 6.10 Å². The minimum absolute atomic E-state index is 0.359. The van der Waals surface area contributed by atoms with Gasteiger partial charge < -0.3 is 4.74 Å². The van der Waals surface area contributed by atoms with Crippen LogP contribution in [0.1, 0.15) is 40.5 Å². The summed E-state index contributed by atoms with van der Waals surface area (Å²) >= 11 is 0. The van der Waals surface area contributed by atoms with Crippen molar-refractivity contribution in [3.63, 3.8) is 0 Å². The first-order valence-corrected chi connectivity index (χ1v) is 5.93. The number of ether oxygens (including phenoxy) is 1. The van der Waals surface area contributed by atoms with Gasteiger partial charge in [-0.2, -0.15) is 0 Å². The van der Waals surface area contributed by atoms with Crippen LogP contribution in [0.4, 0.5) is 0 Å². The van der Waals surface area contributed by atoms with E-state index in [1.807, 2.05) is 0 Å². The molecular formula is C12H25NO. The molecule has 1 saturated heterocycles. The van der Waals surface area contributed by atoms with Gasteiger partial charge in [-0.05, 0) is 38.5 Å². The highest BCUT2D eigenvalue weighted by atomic mass is 16.5. The van der Waals surface area contributed by atoms with Crippen molar-refractivity contribution in [2.45, 2.75) is 46.6 Å². The number of rotatable bonds is 4. The van der Waals surface area contributed by atoms with Crippen molar-refractivity contribution in [2.24, 2.45) is 11.8 Å². The zero-order valence-corrected chi connectivity index (χ0v) is 10.1. The van der Waals surface area contributed by atoms with E-state index >= 15 is 0 Å². The predicted molar refractivity (Wildman–Crippen MR) is 60.2 cm³/mol. The maximum Gasteiger partial charge on any atom is 0.0993 e. The summed E-state index contributed by atoms with van der Waals surface area (Å²) in [5.74, 6) is 1.79. The monoisotopic (exact) mass is 199 g/mol. The normalized spacial score (nSPS) is 21.0. The largest absolute Gasteiger partial charge is 0.363 e. The summed E-state index contributed by atoms with van der Waals surface area (Å²) < 4.78 is 5.60. The summed E-state index contributed by atoms with van der Waals surface area (Å²) in [6.07, 6.45) is 3.05. The van der Waals surface area contributed by atoms with Gasteiger partial charge >= 0.3 is 0 Å². The molecule has 0 spiro atoms. The van der Waals surface area contributed by atoms with Crippen molar-refractivity contribution in [1.82, 2.24) is 4.90 Å². The fourth-order valence-electron chi connectivity index (χ4n) is 2.00. The molecule has 0 N–H and O–H groups in total. The van der Waals surface area contributed by atoms with Gasteiger partial charge in [0.1, 0.15) is 0 Å². The smallest absolute Gasteiger partial charge is 0.0993 e. The maximum atomic E-state index is 5.60. The summed E-state index contributed by atoms with van der Waals surface area (Å²) in [6.45, 7) is 12.1. The highest BCUT2D eigenvalue weighted by Gasteiger charge is 2.21. The third-order valence-electron chi connectivity index (χ3n) is 3.17. The van der Waals surface area contributed by atoms with Gasteiger partial charge in [-0.15, -0.1) is 0 Å². The number of hydrogen-bond acceptors (Lipinski definition) is 2. The fraction of sp³-hybridized carbons (Fsp3) is 1.00. The minimum Gasteiger partial charge on any atom is -0.363 e. The van der Waals surface area contributed by atoms with Crippen molar-refractivity contribution < 1.29 is 4.74 Å². The van der Waals surface area contributed by atoms with Crippen LogP contribution in [-0.4, -0.2) is 30.8 Å². The van der Waals surface area contributed by atoms with Crippen LogP contribution in [0.3, 0.4) is 0 Å². The third kappa shape index (κ3) is 3.97. The van der Waals surface area contributed by atoms with Crippen molar-refractivity contribution in [3.05, 3.63) is 0 Å². The standard InChI is InChI=1S/C12H25NO/c1-10(2)12-5-7-13(8-6-12)9-14-11(3)4/h10-12H,5-9H2,1-4H3. The minimum atomic E-state index is 0.359. The molecule has 0 unspecified atom stereocenters. The Morgan fingerprint density at radius 1 is 1.14 bits per heavy atom. The molecule has 0 atom stereocenters. The summed E-state index contributed by atoms with van der Waals surface area (Å²) in [5.41, 5.74) is 0. The second-order valence-electron chi connectivity index (χ2n) is 5.04. The van der Waals surface area contributed by atoms with Crippen molar-refractivity contribution >= 4 is 0 Å². The number of nitrogens with zero attached hydrogens (tertiary/aromatic N) is 1. The van der Waals surface area contributed by atoms with Gasteiger partial charge in [0.15, 0.2) is 0 Å². The lowest BCUT2D eigenvalue weighted by Gasteiger charge is -2.33. The number of likely N-dealkylation sites (tertiary alicyclic amines) is 1. The van der Waals surface area contributed by atoms with Crippen LogP contribution >= 0.6 is 0 Å². The average molecular weight is 199 g/mol. The maximum absolute atomic E-state index is 5.60. The van der Waals surface area contributed by atoms with Crippen molar-refractivity contribution in [1.29, 1.82) is 0 Å². The molecule has 0 amide bonds. The third-order valence-corrected chi connectivity index (χ3v) is 3.17. The van der Waals surface area contributed by atoms with E-state index in [1.165, 1.54) is 25.9 Å². The van der Waals surface area contributed by atoms with Crippen LogP contribution < -0.4 is 0 Å². The van der Waals surface area contributed by atoms with E-state index in [2.05, 4.69) is 32.6 Å². The summed E-state index contributed by atoms with van der Waals surface area (Å²) in [6, 6.07) is 0. The molecule has 0 aromatic rings. The van der Waals surface area contributed by atoms with E-state index in [4.69, 9.17) is 4.74 Å². The Labute approximate surface area is 88.6 Å². The molecular weight excluding hydrogens is 174 g/mol. The Morgan fingerprint density at radius 3 is 2.14 bits per heavy atom. The van der Waals surface area contributed by atoms with Gasteiger partial charge in [-0.1, -0.05) is 13.8 Å². The van der Waals surface area contributed by atoms with Gasteiger partial charge in [0, 0.05) is 13.1 Å². The summed E-state index contributed by atoms with van der Waals surface area (Å²) in [4.78, 5) is 2.43. The first-order chi connectivity index (χ1) is 6.59. The Balaban J connectivity index is 2.16. The van der Waals surface area contributed by atoms with Crippen LogP contribution in [0.2, 0.25) is 0 Å². The van der Waals surface area contributed by atoms with Crippen LogP contribution in [0, 0.1) is 11.8 Å². The quantitative estimate of drug-likeness (QED) is 0.690. The molecule has 1 fully saturated rings. The van der Waals surface area contributed by atoms with Crippen molar-refractivity contribution in [3.8, 4) is 0 Å². The molecule has 84 valence electrons. The lowest BCUT2D eigenvalue weighted by molar-refractivity contribution is -0.0223. The predicted octanol–water partition coefficient (Wildman–Crippen LogP) is 2.74. The molecule has 1 rings (SSSR count). The van der Waals surface area contributed by atoms with Crippen LogP contribution in [-0.2, 0) is 4.74 Å². The zero-order chi connectivity index (χ0) is 10.6. The molecule has 2 heteroatoms. The van der Waals surface area contributed by atoms with E-state index < -0.39 is 0 Å². The molecule has 2 nitrogen and oxygen atoms in total. The molecule has 0 radical (unpaired) electrons. The van der Waals surface area contributed by atoms with Crippen molar-refractivity contribution in [2.75, 3.05) is 19.8 Å². The summed E-state index contributed by atoms with van der Waals surface area (Å²) in [5, 5.41) is 0. The molecule has 1 aliphatic heterocycles. The van der Waals surface area contributed by atoms with E-state index in [9.17, 15) is 0 Å². The van der Waals surface area contributed by atoms with Crippen LogP contribution in [0.5, 0.6) is 0 Å². The number of piperidine rings is 1. The zero-order valence-electron chi connectivity index (χ0n) is 10.1. The molecule has 0 aliphatic carbocycles. The van der Waals surface area contributed by atoms with Crippen LogP contribution in [0.25, 0.3) is 0 Å². The van der Waals surface area contributed by atoms with Gasteiger partial charge in [-0.25, -0.2) is 0 Å². The average Bonchev–Trinajstić information content (AvgIpc) is 2.15. The molecule has 0 bridgehead atoms. The lowest BCUT2D eigenvalue weighted by Crippen LogP contribution is -2.37. The molecule has 0 saturated carbocycles. The lowest BCUT2D eigenvalue weighted by atomic mass is 9.87. The highest BCUT2D eigenvalue weighted by Crippen LogP contribution is 2.24. The van der Waals surface area contributed by atoms with Gasteiger partial charge in [0.05, 0.1) is 12.8 Å². The van der Waals surface area contributed by atoms with E-state index in [-0.39, 0.29) is 0 Å². The SMILES string of the molecule is CC(C)OCN1CCC(C(C)C)CC1. The topological polar surface area (TPSA) is 12.5 Å². The second-order valence-corrected chi connectivity index (χ2v) is 5.04. The number of hydrogen-bond donors (Lipinski definition) is 0. The Bertz CT molecular complexity index is 148. The first kappa shape index (κ1) is 12.0. The Kier molecular flexibility index (Phi) is 4.90.